The van der Waals surface area contributed by atoms with E-state index in [0.29, 0.717) is 5.56 Å². The van der Waals surface area contributed by atoms with Crippen molar-refractivity contribution in [1.82, 2.24) is 0 Å². The molecule has 0 fully saturated rings. The maximum atomic E-state index is 9.66. The summed E-state index contributed by atoms with van der Waals surface area (Å²) in [4.78, 5) is 4.24. The van der Waals surface area contributed by atoms with Gasteiger partial charge in [-0.25, -0.2) is 0 Å². The van der Waals surface area contributed by atoms with E-state index in [1.54, 1.807) is 0 Å². The maximum absolute atomic E-state index is 9.66. The Morgan fingerprint density at radius 3 is 2.58 bits per heavy atom. The van der Waals surface area contributed by atoms with Crippen LogP contribution in [-0.2, 0) is 6.42 Å². The monoisotopic (exact) mass is 257 g/mol. The summed E-state index contributed by atoms with van der Waals surface area (Å²) in [7, 11) is 0. The summed E-state index contributed by atoms with van der Waals surface area (Å²) in [5.41, 5.74) is 2.29. The smallest absolute Gasteiger partial charge is 0.200 e. The van der Waals surface area contributed by atoms with Crippen LogP contribution in [0.2, 0.25) is 0 Å². The molecule has 0 aliphatic carbocycles. The van der Waals surface area contributed by atoms with Crippen LogP contribution in [0.15, 0.2) is 41.4 Å². The number of nitrogens with zero attached hydrogens (tertiary/aromatic N) is 1. The molecular formula is C15H15NO3. The first-order chi connectivity index (χ1) is 9.11. The van der Waals surface area contributed by atoms with Crippen molar-refractivity contribution in [3.63, 3.8) is 0 Å². The van der Waals surface area contributed by atoms with Gasteiger partial charge in [0, 0.05) is 11.8 Å². The molecular weight excluding hydrogens is 242 g/mol. The maximum Gasteiger partial charge on any atom is 0.200 e. The topological polar surface area (TPSA) is 73.1 Å². The summed E-state index contributed by atoms with van der Waals surface area (Å²) < 4.78 is 0. The third kappa shape index (κ3) is 2.85. The molecule has 0 radical (unpaired) electrons. The summed E-state index contributed by atoms with van der Waals surface area (Å²) in [5.74, 6) is -1.27. The lowest BCUT2D eigenvalue weighted by molar-refractivity contribution is 0.367. The summed E-state index contributed by atoms with van der Waals surface area (Å²) in [6, 6.07) is 10.5. The molecule has 98 valence electrons. The van der Waals surface area contributed by atoms with Gasteiger partial charge in [-0.15, -0.1) is 0 Å². The van der Waals surface area contributed by atoms with Crippen LogP contribution in [0, 0.1) is 0 Å². The average molecular weight is 257 g/mol. The van der Waals surface area contributed by atoms with Gasteiger partial charge in [0.2, 0.25) is 5.75 Å². The van der Waals surface area contributed by atoms with Crippen molar-refractivity contribution >= 4 is 11.9 Å². The number of hydrogen-bond acceptors (Lipinski definition) is 4. The Morgan fingerprint density at radius 1 is 1.05 bits per heavy atom. The van der Waals surface area contributed by atoms with Crippen LogP contribution in [0.4, 0.5) is 5.69 Å². The third-order valence-corrected chi connectivity index (χ3v) is 2.83. The second-order valence-corrected chi connectivity index (χ2v) is 4.15. The van der Waals surface area contributed by atoms with Crippen molar-refractivity contribution < 1.29 is 15.3 Å². The van der Waals surface area contributed by atoms with Gasteiger partial charge in [0.05, 0.1) is 5.69 Å². The highest BCUT2D eigenvalue weighted by Gasteiger charge is 2.08. The van der Waals surface area contributed by atoms with Crippen LogP contribution in [0.5, 0.6) is 17.2 Å². The number of phenols is 3. The number of hydrogen-bond donors (Lipinski definition) is 3. The number of rotatable bonds is 3. The van der Waals surface area contributed by atoms with E-state index in [1.165, 1.54) is 23.9 Å². The molecule has 3 N–H and O–H groups in total. The molecule has 0 bridgehead atoms. The van der Waals surface area contributed by atoms with Crippen LogP contribution >= 0.6 is 0 Å². The number of phenolic OH excluding ortho intramolecular Hbond substituents is 3. The second-order valence-electron chi connectivity index (χ2n) is 4.15. The molecule has 0 aromatic heterocycles. The number of aryl methyl sites for hydroxylation is 1. The largest absolute Gasteiger partial charge is 0.504 e. The predicted molar refractivity (Wildman–Crippen MR) is 74.5 cm³/mol. The lowest BCUT2D eigenvalue weighted by Crippen LogP contribution is -1.84. The Labute approximate surface area is 111 Å². The summed E-state index contributed by atoms with van der Waals surface area (Å²) in [6.45, 7) is 2.06. The molecule has 0 unspecified atom stereocenters. The van der Waals surface area contributed by atoms with Crippen LogP contribution in [0.3, 0.4) is 0 Å². The lowest BCUT2D eigenvalue weighted by atomic mass is 10.1. The highest BCUT2D eigenvalue weighted by molar-refractivity contribution is 5.87. The van der Waals surface area contributed by atoms with Crippen LogP contribution in [0.1, 0.15) is 18.1 Å². The van der Waals surface area contributed by atoms with Gasteiger partial charge in [-0.3, -0.25) is 4.99 Å². The molecule has 0 aliphatic heterocycles. The fourth-order valence-electron chi connectivity index (χ4n) is 1.69. The molecule has 0 spiro atoms. The number of benzene rings is 2. The minimum Gasteiger partial charge on any atom is -0.504 e. The molecule has 2 aromatic rings. The van der Waals surface area contributed by atoms with Crippen molar-refractivity contribution in [2.75, 3.05) is 0 Å². The molecule has 0 heterocycles. The first-order valence-electron chi connectivity index (χ1n) is 5.98. The molecule has 19 heavy (non-hydrogen) atoms. The highest BCUT2D eigenvalue weighted by atomic mass is 16.3. The summed E-state index contributed by atoms with van der Waals surface area (Å²) in [5, 5.41) is 28.3. The molecule has 0 aliphatic rings. The number of aliphatic imine (C=N–C) groups is 1. The van der Waals surface area contributed by atoms with Gasteiger partial charge in [-0.2, -0.15) is 0 Å². The van der Waals surface area contributed by atoms with Crippen molar-refractivity contribution in [2.45, 2.75) is 13.3 Å². The normalized spacial score (nSPS) is 11.0. The van der Waals surface area contributed by atoms with Gasteiger partial charge in [0.1, 0.15) is 0 Å². The molecule has 0 atom stereocenters. The van der Waals surface area contributed by atoms with Crippen molar-refractivity contribution in [3.8, 4) is 17.2 Å². The molecule has 4 heteroatoms. The van der Waals surface area contributed by atoms with Crippen molar-refractivity contribution in [3.05, 3.63) is 47.5 Å². The fraction of sp³-hybridized carbons (Fsp3) is 0.133. The van der Waals surface area contributed by atoms with Crippen LogP contribution in [-0.4, -0.2) is 21.5 Å². The zero-order chi connectivity index (χ0) is 13.8. The zero-order valence-corrected chi connectivity index (χ0v) is 10.5. The standard InChI is InChI=1S/C15H15NO3/c1-2-10-4-3-5-12(8-10)16-9-11-6-7-13(17)15(19)14(11)18/h3-9,17-19H,2H2,1H3. The van der Waals surface area contributed by atoms with E-state index in [4.69, 9.17) is 0 Å². The Hall–Kier alpha value is -2.49. The lowest BCUT2D eigenvalue weighted by Gasteiger charge is -2.03. The van der Waals surface area contributed by atoms with E-state index in [2.05, 4.69) is 11.9 Å². The quantitative estimate of drug-likeness (QED) is 0.584. The molecule has 0 saturated carbocycles. The molecule has 0 saturated heterocycles. The summed E-state index contributed by atoms with van der Waals surface area (Å²) in [6.07, 6.45) is 2.37. The molecule has 2 rings (SSSR count). The van der Waals surface area contributed by atoms with Gasteiger partial charge in [0.15, 0.2) is 11.5 Å². The van der Waals surface area contributed by atoms with Gasteiger partial charge < -0.3 is 15.3 Å². The third-order valence-electron chi connectivity index (χ3n) is 2.83. The van der Waals surface area contributed by atoms with Gasteiger partial charge >= 0.3 is 0 Å². The predicted octanol–water partition coefficient (Wildman–Crippen LogP) is 3.12. The van der Waals surface area contributed by atoms with Gasteiger partial charge in [0.25, 0.3) is 0 Å². The van der Waals surface area contributed by atoms with E-state index >= 15 is 0 Å². The van der Waals surface area contributed by atoms with Crippen molar-refractivity contribution in [1.29, 1.82) is 0 Å². The van der Waals surface area contributed by atoms with E-state index < -0.39 is 5.75 Å². The highest BCUT2D eigenvalue weighted by Crippen LogP contribution is 2.36. The Balaban J connectivity index is 2.30. The first kappa shape index (κ1) is 13.0. The Bertz CT molecular complexity index is 621. The van der Waals surface area contributed by atoms with Crippen LogP contribution in [0.25, 0.3) is 0 Å². The van der Waals surface area contributed by atoms with E-state index in [1.807, 2.05) is 24.3 Å². The first-order valence-corrected chi connectivity index (χ1v) is 5.98. The minimum absolute atomic E-state index is 0.345. The fourth-order valence-corrected chi connectivity index (χ4v) is 1.69. The zero-order valence-electron chi connectivity index (χ0n) is 10.5. The van der Waals surface area contributed by atoms with Gasteiger partial charge in [-0.05, 0) is 36.2 Å². The minimum atomic E-state index is -0.536. The molecule has 2 aromatic carbocycles. The SMILES string of the molecule is CCc1cccc(N=Cc2ccc(O)c(O)c2O)c1. The second kappa shape index (κ2) is 5.44. The van der Waals surface area contributed by atoms with E-state index in [0.717, 1.165) is 12.1 Å². The van der Waals surface area contributed by atoms with E-state index in [-0.39, 0.29) is 11.5 Å². The molecule has 0 amide bonds. The molecule has 4 nitrogen and oxygen atoms in total. The van der Waals surface area contributed by atoms with Crippen LogP contribution < -0.4 is 0 Å². The van der Waals surface area contributed by atoms with Gasteiger partial charge in [-0.1, -0.05) is 19.1 Å². The van der Waals surface area contributed by atoms with Crippen molar-refractivity contribution in [2.24, 2.45) is 4.99 Å². The summed E-state index contributed by atoms with van der Waals surface area (Å²) >= 11 is 0. The number of aromatic hydroxyl groups is 3. The Kier molecular flexibility index (Phi) is 3.71. The van der Waals surface area contributed by atoms with E-state index in [9.17, 15) is 15.3 Å². The average Bonchev–Trinajstić information content (AvgIpc) is 2.44. The Morgan fingerprint density at radius 2 is 1.84 bits per heavy atom.